The average Bonchev–Trinajstić information content (AvgIpc) is 2.88. The molecular formula is C26H25F7N6O2. The summed E-state index contributed by atoms with van der Waals surface area (Å²) in [5, 5.41) is 12.4. The van der Waals surface area contributed by atoms with Gasteiger partial charge in [0.15, 0.2) is 0 Å². The number of carbonyl (C=O) groups is 1. The van der Waals surface area contributed by atoms with E-state index in [9.17, 15) is 40.6 Å². The van der Waals surface area contributed by atoms with Gasteiger partial charge in [0.05, 0.1) is 23.4 Å². The number of halogens is 7. The van der Waals surface area contributed by atoms with Crippen LogP contribution in [0, 0.1) is 5.82 Å². The average molecular weight is 587 g/mol. The summed E-state index contributed by atoms with van der Waals surface area (Å²) in [6.45, 7) is 3.20. The molecule has 3 aromatic rings. The van der Waals surface area contributed by atoms with Gasteiger partial charge in [-0.25, -0.2) is 14.2 Å². The van der Waals surface area contributed by atoms with Crippen LogP contribution in [0.4, 0.5) is 58.7 Å². The van der Waals surface area contributed by atoms with Gasteiger partial charge in [0.1, 0.15) is 11.6 Å². The molecule has 2 N–H and O–H groups in total. The van der Waals surface area contributed by atoms with Crippen molar-refractivity contribution in [3.05, 3.63) is 71.2 Å². The van der Waals surface area contributed by atoms with Crippen LogP contribution in [0.25, 0.3) is 0 Å². The number of amides is 1. The van der Waals surface area contributed by atoms with E-state index in [-0.39, 0.29) is 29.6 Å². The van der Waals surface area contributed by atoms with Gasteiger partial charge >= 0.3 is 18.4 Å². The smallest absolute Gasteiger partial charge is 0.416 e. The molecule has 220 valence electrons. The van der Waals surface area contributed by atoms with Crippen molar-refractivity contribution in [2.24, 2.45) is 0 Å². The molecule has 41 heavy (non-hydrogen) atoms. The summed E-state index contributed by atoms with van der Waals surface area (Å²) in [6, 6.07) is 6.55. The summed E-state index contributed by atoms with van der Waals surface area (Å²) in [4.78, 5) is 24.5. The Morgan fingerprint density at radius 2 is 1.71 bits per heavy atom. The summed E-state index contributed by atoms with van der Waals surface area (Å²) in [6.07, 6.45) is -10.7. The van der Waals surface area contributed by atoms with E-state index in [0.717, 1.165) is 18.8 Å². The number of aromatic nitrogens is 2. The van der Waals surface area contributed by atoms with Gasteiger partial charge in [-0.2, -0.15) is 31.3 Å². The molecule has 1 fully saturated rings. The van der Waals surface area contributed by atoms with Crippen molar-refractivity contribution in [2.75, 3.05) is 41.8 Å². The number of alkyl halides is 6. The van der Waals surface area contributed by atoms with Crippen LogP contribution in [0.5, 0.6) is 0 Å². The van der Waals surface area contributed by atoms with Crippen molar-refractivity contribution < 1.29 is 40.6 Å². The number of hydrogen-bond donors (Lipinski definition) is 2. The molecule has 0 radical (unpaired) electrons. The Kier molecular flexibility index (Phi) is 8.29. The van der Waals surface area contributed by atoms with E-state index in [2.05, 4.69) is 20.2 Å². The molecule has 0 aliphatic carbocycles. The minimum absolute atomic E-state index is 0.0456. The van der Waals surface area contributed by atoms with Crippen LogP contribution in [0.15, 0.2) is 48.7 Å². The fraction of sp³-hybridized carbons (Fsp3) is 0.346. The molecule has 8 nitrogen and oxygen atoms in total. The lowest BCUT2D eigenvalue weighted by Crippen LogP contribution is -2.50. The van der Waals surface area contributed by atoms with E-state index in [4.69, 9.17) is 0 Å². The Bertz CT molecular complexity index is 1380. The molecule has 0 bridgehead atoms. The summed E-state index contributed by atoms with van der Waals surface area (Å²) in [7, 11) is 1.99. The van der Waals surface area contributed by atoms with Crippen molar-refractivity contribution in [3.8, 4) is 0 Å². The largest absolute Gasteiger partial charge is 0.465 e. The van der Waals surface area contributed by atoms with Crippen LogP contribution >= 0.6 is 0 Å². The van der Waals surface area contributed by atoms with E-state index in [1.807, 2.05) is 18.9 Å². The molecule has 1 amide bonds. The second-order valence-electron chi connectivity index (χ2n) is 9.59. The van der Waals surface area contributed by atoms with Crippen molar-refractivity contribution >= 4 is 29.2 Å². The number of piperazine rings is 1. The molecule has 1 saturated heterocycles. The highest BCUT2D eigenvalue weighted by Crippen LogP contribution is 2.37. The first-order chi connectivity index (χ1) is 19.1. The standard InChI is InChI=1S/C26H25F7N6O2/c1-15-13-38(8-7-37(15)2)21-4-3-19(12-20(21)27)35-23-34-6-5-22(36-23)39(24(40)41)14-16-9-17(25(28,29)30)11-18(10-16)26(31,32)33/h3-6,9-12,15H,7-8,13-14H2,1-2H3,(H,40,41)(H,34,35,36). The van der Waals surface area contributed by atoms with E-state index >= 15 is 0 Å². The third kappa shape index (κ3) is 7.14. The quantitative estimate of drug-likeness (QED) is 0.332. The van der Waals surface area contributed by atoms with Crippen molar-refractivity contribution in [1.82, 2.24) is 14.9 Å². The monoisotopic (exact) mass is 586 g/mol. The van der Waals surface area contributed by atoms with Gasteiger partial charge in [-0.1, -0.05) is 0 Å². The summed E-state index contributed by atoms with van der Waals surface area (Å²) in [5.41, 5.74) is -3.07. The lowest BCUT2D eigenvalue weighted by atomic mass is 10.0. The summed E-state index contributed by atoms with van der Waals surface area (Å²) in [5.74, 6) is -1.02. The topological polar surface area (TPSA) is 84.8 Å². The number of nitrogens with zero attached hydrogens (tertiary/aromatic N) is 5. The summed E-state index contributed by atoms with van der Waals surface area (Å²) < 4.78 is 94.5. The highest BCUT2D eigenvalue weighted by molar-refractivity contribution is 5.84. The lowest BCUT2D eigenvalue weighted by molar-refractivity contribution is -0.143. The van der Waals surface area contributed by atoms with Crippen molar-refractivity contribution in [1.29, 1.82) is 0 Å². The normalized spacial score (nSPS) is 16.5. The molecule has 4 rings (SSSR count). The van der Waals surface area contributed by atoms with E-state index in [0.29, 0.717) is 35.8 Å². The van der Waals surface area contributed by atoms with Crippen LogP contribution < -0.4 is 15.1 Å². The first kappa shape index (κ1) is 29.8. The third-order valence-corrected chi connectivity index (χ3v) is 6.64. The first-order valence-corrected chi connectivity index (χ1v) is 12.3. The molecule has 2 heterocycles. The number of likely N-dealkylation sites (N-methyl/N-ethyl adjacent to an activating group) is 1. The minimum atomic E-state index is -5.09. The van der Waals surface area contributed by atoms with E-state index in [1.165, 1.54) is 6.07 Å². The van der Waals surface area contributed by atoms with Crippen molar-refractivity contribution in [2.45, 2.75) is 31.9 Å². The Balaban J connectivity index is 1.57. The van der Waals surface area contributed by atoms with Crippen LogP contribution in [-0.2, 0) is 18.9 Å². The molecule has 2 aromatic carbocycles. The Morgan fingerprint density at radius 3 is 2.27 bits per heavy atom. The van der Waals surface area contributed by atoms with Crippen molar-refractivity contribution in [3.63, 3.8) is 0 Å². The van der Waals surface area contributed by atoms with Crippen LogP contribution in [-0.4, -0.2) is 58.8 Å². The molecule has 1 aromatic heterocycles. The number of carboxylic acid groups (broad SMARTS) is 1. The zero-order valence-corrected chi connectivity index (χ0v) is 21.8. The molecule has 1 unspecified atom stereocenters. The van der Waals surface area contributed by atoms with Gasteiger partial charge in [0, 0.05) is 37.6 Å². The predicted molar refractivity (Wildman–Crippen MR) is 137 cm³/mol. The second kappa shape index (κ2) is 11.4. The van der Waals surface area contributed by atoms with Gasteiger partial charge in [0.2, 0.25) is 5.95 Å². The Hall–Kier alpha value is -4.14. The SMILES string of the molecule is CC1CN(c2ccc(Nc3nccc(N(Cc4cc(C(F)(F)F)cc(C(F)(F)F)c4)C(=O)O)n3)cc2F)CCN1C. The minimum Gasteiger partial charge on any atom is -0.465 e. The first-order valence-electron chi connectivity index (χ1n) is 12.3. The summed E-state index contributed by atoms with van der Waals surface area (Å²) >= 11 is 0. The zero-order chi connectivity index (χ0) is 30.1. The Morgan fingerprint density at radius 1 is 1.05 bits per heavy atom. The van der Waals surface area contributed by atoms with Gasteiger partial charge < -0.3 is 20.2 Å². The van der Waals surface area contributed by atoms with Gasteiger partial charge in [0.25, 0.3) is 0 Å². The number of hydrogen-bond acceptors (Lipinski definition) is 6. The molecule has 1 aliphatic rings. The third-order valence-electron chi connectivity index (χ3n) is 6.64. The van der Waals surface area contributed by atoms with Crippen LogP contribution in [0.3, 0.4) is 0 Å². The lowest BCUT2D eigenvalue weighted by Gasteiger charge is -2.39. The maximum atomic E-state index is 15.0. The predicted octanol–water partition coefficient (Wildman–Crippen LogP) is 6.22. The number of nitrogens with one attached hydrogen (secondary N) is 1. The molecule has 1 atom stereocenters. The maximum Gasteiger partial charge on any atom is 0.416 e. The maximum absolute atomic E-state index is 15.0. The van der Waals surface area contributed by atoms with Gasteiger partial charge in [-0.15, -0.1) is 0 Å². The van der Waals surface area contributed by atoms with Crippen LogP contribution in [0.1, 0.15) is 23.6 Å². The van der Waals surface area contributed by atoms with E-state index < -0.39 is 47.5 Å². The molecular weight excluding hydrogens is 561 g/mol. The number of rotatable bonds is 6. The fourth-order valence-electron chi connectivity index (χ4n) is 4.34. The fourth-order valence-corrected chi connectivity index (χ4v) is 4.34. The van der Waals surface area contributed by atoms with Gasteiger partial charge in [-0.05, 0) is 62.0 Å². The molecule has 0 spiro atoms. The number of anilines is 4. The second-order valence-corrected chi connectivity index (χ2v) is 9.59. The van der Waals surface area contributed by atoms with Gasteiger partial charge in [-0.3, -0.25) is 4.90 Å². The molecule has 1 aliphatic heterocycles. The van der Waals surface area contributed by atoms with Crippen LogP contribution in [0.2, 0.25) is 0 Å². The Labute approximate surface area is 230 Å². The zero-order valence-electron chi connectivity index (χ0n) is 21.8. The number of benzene rings is 2. The highest BCUT2D eigenvalue weighted by Gasteiger charge is 2.37. The van der Waals surface area contributed by atoms with E-state index in [1.54, 1.807) is 12.1 Å². The highest BCUT2D eigenvalue weighted by atomic mass is 19.4. The molecule has 0 saturated carbocycles. The molecule has 15 heteroatoms.